The smallest absolute Gasteiger partial charge is 0.277 e. The molecule has 0 atom stereocenters. The van der Waals surface area contributed by atoms with Gasteiger partial charge >= 0.3 is 0 Å². The Hall–Kier alpha value is -2.86. The van der Waals surface area contributed by atoms with Crippen molar-refractivity contribution >= 4 is 43.6 Å². The first-order valence-corrected chi connectivity index (χ1v) is 8.33. The number of aromatic nitrogens is 3. The Labute approximate surface area is 142 Å². The van der Waals surface area contributed by atoms with Crippen LogP contribution in [0, 0.1) is 13.8 Å². The molecule has 0 aliphatic heterocycles. The van der Waals surface area contributed by atoms with Crippen LogP contribution in [0.5, 0.6) is 0 Å². The Morgan fingerprint density at radius 1 is 1.00 bits per heavy atom. The summed E-state index contributed by atoms with van der Waals surface area (Å²) in [5.41, 5.74) is 5.03. The molecule has 118 valence electrons. The number of carbonyl (C=O) groups excluding carboxylic acids is 1. The third-order valence-corrected chi connectivity index (χ3v) is 4.84. The summed E-state index contributed by atoms with van der Waals surface area (Å²) in [4.78, 5) is 25.5. The maximum Gasteiger partial charge on any atom is 0.277 e. The van der Waals surface area contributed by atoms with Gasteiger partial charge < -0.3 is 0 Å². The number of benzene rings is 2. The van der Waals surface area contributed by atoms with Crippen LogP contribution in [0.3, 0.4) is 0 Å². The summed E-state index contributed by atoms with van der Waals surface area (Å²) in [6, 6.07) is 11.6. The molecular weight excluding hydrogens is 320 g/mol. The van der Waals surface area contributed by atoms with E-state index in [0.717, 1.165) is 15.7 Å². The van der Waals surface area contributed by atoms with Crippen molar-refractivity contribution in [1.29, 1.82) is 0 Å². The number of nitrogens with one attached hydrogen (secondary N) is 1. The Morgan fingerprint density at radius 3 is 2.58 bits per heavy atom. The normalized spacial score (nSPS) is 11.1. The lowest BCUT2D eigenvalue weighted by molar-refractivity contribution is 0.102. The molecule has 0 aliphatic carbocycles. The first kappa shape index (κ1) is 14.7. The summed E-state index contributed by atoms with van der Waals surface area (Å²) < 4.78 is 1.05. The van der Waals surface area contributed by atoms with E-state index in [9.17, 15) is 4.79 Å². The predicted molar refractivity (Wildman–Crippen MR) is 96.6 cm³/mol. The van der Waals surface area contributed by atoms with E-state index in [0.29, 0.717) is 10.6 Å². The van der Waals surface area contributed by atoms with Crippen molar-refractivity contribution in [2.75, 3.05) is 5.32 Å². The topological polar surface area (TPSA) is 67.8 Å². The van der Waals surface area contributed by atoms with E-state index in [2.05, 4.69) is 40.2 Å². The molecule has 1 N–H and O–H groups in total. The van der Waals surface area contributed by atoms with Gasteiger partial charge in [-0.05, 0) is 49.2 Å². The number of hydrogen-bond acceptors (Lipinski definition) is 5. The third kappa shape index (κ3) is 2.61. The molecule has 0 bridgehead atoms. The minimum atomic E-state index is -0.305. The molecule has 0 unspecified atom stereocenters. The molecule has 0 aliphatic rings. The predicted octanol–water partition coefficient (Wildman–Crippen LogP) is 4.11. The summed E-state index contributed by atoms with van der Waals surface area (Å²) in [5.74, 6) is -0.305. The van der Waals surface area contributed by atoms with E-state index >= 15 is 0 Å². The number of rotatable bonds is 2. The molecule has 0 spiro atoms. The number of nitrogens with zero attached hydrogens (tertiary/aromatic N) is 3. The molecule has 0 saturated heterocycles. The van der Waals surface area contributed by atoms with Gasteiger partial charge in [0.25, 0.3) is 5.91 Å². The van der Waals surface area contributed by atoms with Crippen molar-refractivity contribution in [1.82, 2.24) is 15.0 Å². The standard InChI is InChI=1S/C18H14N4OS/c1-10-7-14-16(8-11(10)2)24-18(21-14)22-17(23)15-9-19-12-5-3-4-6-13(12)20-15/h3-9H,1-2H3,(H,21,22,23). The Balaban J connectivity index is 1.65. The molecule has 0 fully saturated rings. The van der Waals surface area contributed by atoms with E-state index in [1.165, 1.54) is 28.7 Å². The zero-order chi connectivity index (χ0) is 16.7. The van der Waals surface area contributed by atoms with E-state index in [-0.39, 0.29) is 11.6 Å². The number of thiazole rings is 1. The minimum Gasteiger partial charge on any atom is -0.296 e. The molecule has 1 amide bonds. The van der Waals surface area contributed by atoms with Crippen molar-refractivity contribution in [2.45, 2.75) is 13.8 Å². The average molecular weight is 334 g/mol. The Kier molecular flexibility index (Phi) is 3.46. The van der Waals surface area contributed by atoms with Crippen molar-refractivity contribution < 1.29 is 4.79 Å². The van der Waals surface area contributed by atoms with Crippen molar-refractivity contribution in [3.05, 3.63) is 59.4 Å². The van der Waals surface area contributed by atoms with Crippen LogP contribution in [0.15, 0.2) is 42.6 Å². The van der Waals surface area contributed by atoms with Crippen LogP contribution >= 0.6 is 11.3 Å². The molecule has 0 radical (unpaired) electrons. The summed E-state index contributed by atoms with van der Waals surface area (Å²) in [6.45, 7) is 4.12. The lowest BCUT2D eigenvalue weighted by Crippen LogP contribution is -2.13. The van der Waals surface area contributed by atoms with Crippen molar-refractivity contribution in [2.24, 2.45) is 0 Å². The van der Waals surface area contributed by atoms with Gasteiger partial charge in [0.2, 0.25) is 0 Å². The van der Waals surface area contributed by atoms with Gasteiger partial charge in [0.15, 0.2) is 5.13 Å². The highest BCUT2D eigenvalue weighted by molar-refractivity contribution is 7.22. The fourth-order valence-electron chi connectivity index (χ4n) is 2.46. The second-order valence-corrected chi connectivity index (χ2v) is 6.65. The number of hydrogen-bond donors (Lipinski definition) is 1. The van der Waals surface area contributed by atoms with Crippen LogP contribution in [0.25, 0.3) is 21.3 Å². The van der Waals surface area contributed by atoms with Gasteiger partial charge in [-0.15, -0.1) is 0 Å². The lowest BCUT2D eigenvalue weighted by atomic mass is 10.1. The van der Waals surface area contributed by atoms with Crippen LogP contribution in [0.4, 0.5) is 5.13 Å². The molecule has 4 aromatic rings. The van der Waals surface area contributed by atoms with Gasteiger partial charge in [-0.2, -0.15) is 0 Å². The van der Waals surface area contributed by atoms with Crippen LogP contribution in [-0.4, -0.2) is 20.9 Å². The highest BCUT2D eigenvalue weighted by atomic mass is 32.1. The van der Waals surface area contributed by atoms with Gasteiger partial charge in [-0.1, -0.05) is 23.5 Å². The van der Waals surface area contributed by atoms with Gasteiger partial charge in [0.05, 0.1) is 27.4 Å². The molecule has 6 heteroatoms. The van der Waals surface area contributed by atoms with E-state index < -0.39 is 0 Å². The average Bonchev–Trinajstić information content (AvgIpc) is 2.95. The van der Waals surface area contributed by atoms with Crippen LogP contribution in [-0.2, 0) is 0 Å². The number of anilines is 1. The first-order chi connectivity index (χ1) is 11.6. The zero-order valence-electron chi connectivity index (χ0n) is 13.2. The highest BCUT2D eigenvalue weighted by Gasteiger charge is 2.13. The van der Waals surface area contributed by atoms with Gasteiger partial charge in [-0.25, -0.2) is 9.97 Å². The maximum atomic E-state index is 12.4. The molecule has 2 heterocycles. The number of amides is 1. The number of carbonyl (C=O) groups is 1. The number of para-hydroxylation sites is 2. The maximum absolute atomic E-state index is 12.4. The van der Waals surface area contributed by atoms with Crippen LogP contribution in [0.1, 0.15) is 21.6 Å². The molecule has 2 aromatic carbocycles. The van der Waals surface area contributed by atoms with E-state index in [1.807, 2.05) is 30.3 Å². The SMILES string of the molecule is Cc1cc2nc(NC(=O)c3cnc4ccccc4n3)sc2cc1C. The fraction of sp³-hybridized carbons (Fsp3) is 0.111. The van der Waals surface area contributed by atoms with Gasteiger partial charge in [-0.3, -0.25) is 15.1 Å². The summed E-state index contributed by atoms with van der Waals surface area (Å²) in [5, 5.41) is 3.38. The lowest BCUT2D eigenvalue weighted by Gasteiger charge is -2.02. The largest absolute Gasteiger partial charge is 0.296 e. The Morgan fingerprint density at radius 2 is 1.75 bits per heavy atom. The molecule has 0 saturated carbocycles. The molecule has 5 nitrogen and oxygen atoms in total. The van der Waals surface area contributed by atoms with E-state index in [4.69, 9.17) is 0 Å². The van der Waals surface area contributed by atoms with Crippen LogP contribution in [0.2, 0.25) is 0 Å². The third-order valence-electron chi connectivity index (χ3n) is 3.91. The monoisotopic (exact) mass is 334 g/mol. The Bertz CT molecular complexity index is 1050. The second kappa shape index (κ2) is 5.65. The summed E-state index contributed by atoms with van der Waals surface area (Å²) in [6.07, 6.45) is 1.49. The number of fused-ring (bicyclic) bond motifs is 2. The minimum absolute atomic E-state index is 0.278. The van der Waals surface area contributed by atoms with Gasteiger partial charge in [0, 0.05) is 0 Å². The van der Waals surface area contributed by atoms with Crippen molar-refractivity contribution in [3.8, 4) is 0 Å². The molecular formula is C18H14N4OS. The van der Waals surface area contributed by atoms with Crippen LogP contribution < -0.4 is 5.32 Å². The molecule has 2 aromatic heterocycles. The van der Waals surface area contributed by atoms with E-state index in [1.54, 1.807) is 0 Å². The fourth-order valence-corrected chi connectivity index (χ4v) is 3.40. The number of aryl methyl sites for hydroxylation is 2. The van der Waals surface area contributed by atoms with Crippen molar-refractivity contribution in [3.63, 3.8) is 0 Å². The highest BCUT2D eigenvalue weighted by Crippen LogP contribution is 2.28. The molecule has 24 heavy (non-hydrogen) atoms. The van der Waals surface area contributed by atoms with Gasteiger partial charge in [0.1, 0.15) is 5.69 Å². The quantitative estimate of drug-likeness (QED) is 0.599. The summed E-state index contributed by atoms with van der Waals surface area (Å²) >= 11 is 1.46. The second-order valence-electron chi connectivity index (χ2n) is 5.62. The molecule has 4 rings (SSSR count). The zero-order valence-corrected chi connectivity index (χ0v) is 14.0. The summed E-state index contributed by atoms with van der Waals surface area (Å²) in [7, 11) is 0. The first-order valence-electron chi connectivity index (χ1n) is 7.51.